The van der Waals surface area contributed by atoms with E-state index in [1.165, 1.54) is 36.4 Å². The number of hydrogen-bond donors (Lipinski definition) is 2. The SMILES string of the molecule is CC(NC(=O)C1CC1c1cccc(F)c1F)C(O)c1ccc(F)cc1. The standard InChI is InChI=1S/C19H18F3NO2/c1-10(18(24)11-5-7-12(20)8-6-11)23-19(25)15-9-14(15)13-3-2-4-16(21)17(13)22/h2-8,10,14-15,18,24H,9H2,1H3,(H,23,25). The van der Waals surface area contributed by atoms with Gasteiger partial charge in [0.05, 0.1) is 12.1 Å². The van der Waals surface area contributed by atoms with Crippen molar-refractivity contribution in [1.82, 2.24) is 5.32 Å². The molecule has 0 aliphatic heterocycles. The van der Waals surface area contributed by atoms with Gasteiger partial charge in [0.25, 0.3) is 0 Å². The number of benzene rings is 2. The monoisotopic (exact) mass is 349 g/mol. The van der Waals surface area contributed by atoms with Crippen molar-refractivity contribution in [2.24, 2.45) is 5.92 Å². The van der Waals surface area contributed by atoms with Gasteiger partial charge in [-0.2, -0.15) is 0 Å². The van der Waals surface area contributed by atoms with E-state index in [4.69, 9.17) is 0 Å². The van der Waals surface area contributed by atoms with E-state index >= 15 is 0 Å². The van der Waals surface area contributed by atoms with Gasteiger partial charge in [0.1, 0.15) is 5.82 Å². The minimum Gasteiger partial charge on any atom is -0.386 e. The van der Waals surface area contributed by atoms with Crippen molar-refractivity contribution in [2.45, 2.75) is 31.4 Å². The third-order valence-corrected chi connectivity index (χ3v) is 4.56. The van der Waals surface area contributed by atoms with Gasteiger partial charge in [-0.05, 0) is 48.6 Å². The van der Waals surface area contributed by atoms with Gasteiger partial charge in [0.2, 0.25) is 5.91 Å². The van der Waals surface area contributed by atoms with Crippen molar-refractivity contribution in [3.63, 3.8) is 0 Å². The molecule has 2 N–H and O–H groups in total. The first-order valence-electron chi connectivity index (χ1n) is 8.06. The Morgan fingerprint density at radius 2 is 1.84 bits per heavy atom. The Morgan fingerprint density at radius 3 is 2.52 bits per heavy atom. The molecule has 0 bridgehead atoms. The van der Waals surface area contributed by atoms with Crippen molar-refractivity contribution >= 4 is 5.91 Å². The zero-order valence-electron chi connectivity index (χ0n) is 13.5. The number of nitrogens with one attached hydrogen (secondary N) is 1. The number of aliphatic hydroxyl groups excluding tert-OH is 1. The van der Waals surface area contributed by atoms with Gasteiger partial charge in [-0.3, -0.25) is 4.79 Å². The molecule has 4 unspecified atom stereocenters. The fourth-order valence-electron chi connectivity index (χ4n) is 2.99. The Morgan fingerprint density at radius 1 is 1.16 bits per heavy atom. The summed E-state index contributed by atoms with van der Waals surface area (Å²) >= 11 is 0. The first-order chi connectivity index (χ1) is 11.9. The smallest absolute Gasteiger partial charge is 0.224 e. The van der Waals surface area contributed by atoms with Crippen LogP contribution >= 0.6 is 0 Å². The molecule has 0 saturated heterocycles. The molecular weight excluding hydrogens is 331 g/mol. The summed E-state index contributed by atoms with van der Waals surface area (Å²) < 4.78 is 40.0. The van der Waals surface area contributed by atoms with E-state index in [9.17, 15) is 23.1 Å². The van der Waals surface area contributed by atoms with Crippen LogP contribution in [-0.2, 0) is 4.79 Å². The minimum absolute atomic E-state index is 0.201. The number of amides is 1. The van der Waals surface area contributed by atoms with Gasteiger partial charge < -0.3 is 10.4 Å². The van der Waals surface area contributed by atoms with Gasteiger partial charge >= 0.3 is 0 Å². The lowest BCUT2D eigenvalue weighted by Gasteiger charge is -2.20. The molecule has 2 aromatic carbocycles. The van der Waals surface area contributed by atoms with Gasteiger partial charge in [0, 0.05) is 5.92 Å². The third-order valence-electron chi connectivity index (χ3n) is 4.56. The molecule has 0 heterocycles. The predicted molar refractivity (Wildman–Crippen MR) is 86.2 cm³/mol. The maximum absolute atomic E-state index is 13.8. The molecular formula is C19H18F3NO2. The average Bonchev–Trinajstić information content (AvgIpc) is 3.38. The number of halogens is 3. The summed E-state index contributed by atoms with van der Waals surface area (Å²) in [5.74, 6) is -3.37. The second-order valence-corrected chi connectivity index (χ2v) is 6.39. The van der Waals surface area contributed by atoms with Crippen molar-refractivity contribution in [3.8, 4) is 0 Å². The molecule has 25 heavy (non-hydrogen) atoms. The molecule has 0 spiro atoms. The van der Waals surface area contributed by atoms with Crippen molar-refractivity contribution in [1.29, 1.82) is 0 Å². The van der Waals surface area contributed by atoms with Crippen LogP contribution in [0.5, 0.6) is 0 Å². The van der Waals surface area contributed by atoms with Crippen LogP contribution in [-0.4, -0.2) is 17.1 Å². The van der Waals surface area contributed by atoms with E-state index in [2.05, 4.69) is 5.32 Å². The van der Waals surface area contributed by atoms with Gasteiger partial charge in [-0.25, -0.2) is 13.2 Å². The second-order valence-electron chi connectivity index (χ2n) is 6.39. The van der Waals surface area contributed by atoms with E-state index in [1.807, 2.05) is 0 Å². The number of rotatable bonds is 5. The zero-order chi connectivity index (χ0) is 18.1. The first-order valence-corrected chi connectivity index (χ1v) is 8.06. The number of carbonyl (C=O) groups is 1. The molecule has 2 aromatic rings. The first kappa shape index (κ1) is 17.5. The van der Waals surface area contributed by atoms with Crippen molar-refractivity contribution in [2.75, 3.05) is 0 Å². The Hall–Kier alpha value is -2.34. The highest BCUT2D eigenvalue weighted by atomic mass is 19.2. The lowest BCUT2D eigenvalue weighted by molar-refractivity contribution is -0.123. The molecule has 6 heteroatoms. The summed E-state index contributed by atoms with van der Waals surface area (Å²) in [4.78, 5) is 12.3. The highest BCUT2D eigenvalue weighted by molar-refractivity contribution is 5.83. The topological polar surface area (TPSA) is 49.3 Å². The van der Waals surface area contributed by atoms with Crippen molar-refractivity contribution < 1.29 is 23.1 Å². The molecule has 1 saturated carbocycles. The fourth-order valence-corrected chi connectivity index (χ4v) is 2.99. The average molecular weight is 349 g/mol. The van der Waals surface area contributed by atoms with Crippen LogP contribution in [0.15, 0.2) is 42.5 Å². The van der Waals surface area contributed by atoms with Gasteiger partial charge in [0.15, 0.2) is 11.6 Å². The van der Waals surface area contributed by atoms with E-state index in [1.54, 1.807) is 6.92 Å². The summed E-state index contributed by atoms with van der Waals surface area (Å²) in [7, 11) is 0. The molecule has 0 aromatic heterocycles. The van der Waals surface area contributed by atoms with Crippen LogP contribution in [0, 0.1) is 23.4 Å². The number of hydrogen-bond acceptors (Lipinski definition) is 2. The molecule has 132 valence electrons. The summed E-state index contributed by atoms with van der Waals surface area (Å²) in [5, 5.41) is 12.9. The van der Waals surface area contributed by atoms with Crippen molar-refractivity contribution in [3.05, 3.63) is 71.0 Å². The van der Waals surface area contributed by atoms with E-state index in [0.717, 1.165) is 6.07 Å². The lowest BCUT2D eigenvalue weighted by Crippen LogP contribution is -2.38. The maximum Gasteiger partial charge on any atom is 0.224 e. The maximum atomic E-state index is 13.8. The molecule has 1 amide bonds. The van der Waals surface area contributed by atoms with Crippen LogP contribution in [0.4, 0.5) is 13.2 Å². The summed E-state index contributed by atoms with van der Waals surface area (Å²) in [6.45, 7) is 1.63. The van der Waals surface area contributed by atoms with Crippen LogP contribution in [0.3, 0.4) is 0 Å². The third kappa shape index (κ3) is 3.69. The van der Waals surface area contributed by atoms with E-state index in [-0.39, 0.29) is 17.4 Å². The summed E-state index contributed by atoms with van der Waals surface area (Å²) in [6.07, 6.45) is -0.557. The fraction of sp³-hybridized carbons (Fsp3) is 0.316. The highest BCUT2D eigenvalue weighted by Crippen LogP contribution is 2.48. The molecule has 3 nitrogen and oxygen atoms in total. The van der Waals surface area contributed by atoms with Crippen LogP contribution < -0.4 is 5.32 Å². The van der Waals surface area contributed by atoms with Crippen LogP contribution in [0.25, 0.3) is 0 Å². The Labute approximate surface area is 143 Å². The van der Waals surface area contributed by atoms with Gasteiger partial charge in [-0.15, -0.1) is 0 Å². The quantitative estimate of drug-likeness (QED) is 0.869. The minimum atomic E-state index is -0.993. The lowest BCUT2D eigenvalue weighted by atomic mass is 10.0. The number of aliphatic hydroxyl groups is 1. The van der Waals surface area contributed by atoms with Crippen LogP contribution in [0.2, 0.25) is 0 Å². The molecule has 0 radical (unpaired) electrons. The molecule has 1 aliphatic carbocycles. The molecule has 3 rings (SSSR count). The molecule has 1 aliphatic rings. The van der Waals surface area contributed by atoms with E-state index < -0.39 is 35.5 Å². The summed E-state index contributed by atoms with van der Waals surface area (Å²) in [5.41, 5.74) is 0.685. The summed E-state index contributed by atoms with van der Waals surface area (Å²) in [6, 6.07) is 8.70. The number of carbonyl (C=O) groups excluding carboxylic acids is 1. The second kappa shape index (κ2) is 6.88. The van der Waals surface area contributed by atoms with Gasteiger partial charge in [-0.1, -0.05) is 24.3 Å². The van der Waals surface area contributed by atoms with Crippen LogP contribution in [0.1, 0.15) is 36.5 Å². The zero-order valence-corrected chi connectivity index (χ0v) is 13.5. The molecule has 1 fully saturated rings. The normalized spacial score (nSPS) is 21.5. The Bertz CT molecular complexity index is 779. The highest BCUT2D eigenvalue weighted by Gasteiger charge is 2.46. The Kier molecular flexibility index (Phi) is 4.81. The predicted octanol–water partition coefficient (Wildman–Crippen LogP) is 3.45. The Balaban J connectivity index is 1.61. The molecule has 4 atom stereocenters. The largest absolute Gasteiger partial charge is 0.386 e. The van der Waals surface area contributed by atoms with E-state index in [0.29, 0.717) is 12.0 Å².